The summed E-state index contributed by atoms with van der Waals surface area (Å²) in [4.78, 5) is 12.1. The average molecular weight is 465 g/mol. The quantitative estimate of drug-likeness (QED) is 0.649. The van der Waals surface area contributed by atoms with E-state index >= 15 is 0 Å². The molecule has 1 aromatic heterocycles. The maximum Gasteiger partial charge on any atom is 0.433 e. The molecule has 0 radical (unpaired) electrons. The van der Waals surface area contributed by atoms with E-state index in [1.165, 1.54) is 6.42 Å². The lowest BCUT2D eigenvalue weighted by atomic mass is 9.96. The normalized spacial score (nSPS) is 17.8. The minimum absolute atomic E-state index is 0.131. The number of para-hydroxylation sites is 1. The Morgan fingerprint density at radius 3 is 2.25 bits per heavy atom. The van der Waals surface area contributed by atoms with Crippen molar-refractivity contribution in [2.24, 2.45) is 0 Å². The molecule has 0 spiro atoms. The first-order chi connectivity index (χ1) is 15.4. The molecular weight excluding hydrogens is 437 g/mol. The second-order valence-electron chi connectivity index (χ2n) is 8.18. The van der Waals surface area contributed by atoms with Gasteiger partial charge < -0.3 is 20.4 Å². The maximum absolute atomic E-state index is 13.5. The Labute approximate surface area is 191 Å². The molecule has 172 valence electrons. The van der Waals surface area contributed by atoms with Crippen molar-refractivity contribution < 1.29 is 13.2 Å². The highest BCUT2D eigenvalue weighted by atomic mass is 32.1. The number of nitrogens with one attached hydrogen (secondary N) is 2. The molecule has 32 heavy (non-hydrogen) atoms. The van der Waals surface area contributed by atoms with Crippen molar-refractivity contribution >= 4 is 34.8 Å². The molecule has 4 rings (SSSR count). The molecular formula is C22H27F3N6S. The van der Waals surface area contributed by atoms with Gasteiger partial charge in [0, 0.05) is 44.0 Å². The molecule has 0 unspecified atom stereocenters. The van der Waals surface area contributed by atoms with Gasteiger partial charge in [-0.25, -0.2) is 4.98 Å². The molecule has 2 N–H and O–H groups in total. The summed E-state index contributed by atoms with van der Waals surface area (Å²) in [6, 6.07) is 11.2. The summed E-state index contributed by atoms with van der Waals surface area (Å²) in [5, 5.41) is 6.22. The van der Waals surface area contributed by atoms with Gasteiger partial charge in [0.25, 0.3) is 0 Å². The smallest absolute Gasteiger partial charge is 0.368 e. The Kier molecular flexibility index (Phi) is 6.98. The van der Waals surface area contributed by atoms with Crippen LogP contribution in [0, 0.1) is 0 Å². The van der Waals surface area contributed by atoms with Crippen LogP contribution in [0.15, 0.2) is 36.4 Å². The number of aromatic nitrogens is 2. The molecule has 1 aliphatic heterocycles. The van der Waals surface area contributed by atoms with E-state index < -0.39 is 11.9 Å². The fraction of sp³-hybridized carbons (Fsp3) is 0.500. The fourth-order valence-electron chi connectivity index (χ4n) is 4.20. The van der Waals surface area contributed by atoms with Gasteiger partial charge in [0.15, 0.2) is 10.8 Å². The van der Waals surface area contributed by atoms with Crippen LogP contribution in [0.4, 0.5) is 30.6 Å². The van der Waals surface area contributed by atoms with E-state index in [0.717, 1.165) is 37.4 Å². The Morgan fingerprint density at radius 1 is 0.938 bits per heavy atom. The second-order valence-corrected chi connectivity index (χ2v) is 8.58. The van der Waals surface area contributed by atoms with Gasteiger partial charge in [-0.15, -0.1) is 0 Å². The van der Waals surface area contributed by atoms with Crippen molar-refractivity contribution in [3.05, 3.63) is 42.1 Å². The SMILES string of the molecule is FC(F)(F)c1cc(N2CCN(c3ccccc3)CC2)nc(NC(=S)NC2CCCCC2)n1. The van der Waals surface area contributed by atoms with Crippen molar-refractivity contribution in [1.82, 2.24) is 15.3 Å². The lowest BCUT2D eigenvalue weighted by molar-refractivity contribution is -0.141. The van der Waals surface area contributed by atoms with Gasteiger partial charge in [0.1, 0.15) is 5.82 Å². The zero-order valence-corrected chi connectivity index (χ0v) is 18.6. The molecule has 0 atom stereocenters. The zero-order valence-electron chi connectivity index (χ0n) is 17.7. The minimum Gasteiger partial charge on any atom is -0.368 e. The van der Waals surface area contributed by atoms with Crippen LogP contribution in [-0.2, 0) is 6.18 Å². The summed E-state index contributed by atoms with van der Waals surface area (Å²) in [6.45, 7) is 2.51. The molecule has 6 nitrogen and oxygen atoms in total. The van der Waals surface area contributed by atoms with Gasteiger partial charge in [-0.1, -0.05) is 37.5 Å². The van der Waals surface area contributed by atoms with Crippen molar-refractivity contribution in [2.75, 3.05) is 41.3 Å². The first-order valence-electron chi connectivity index (χ1n) is 11.0. The third-order valence-electron chi connectivity index (χ3n) is 5.89. The number of hydrogen-bond acceptors (Lipinski definition) is 5. The summed E-state index contributed by atoms with van der Waals surface area (Å²) in [5.41, 5.74) is 0.128. The van der Waals surface area contributed by atoms with Gasteiger partial charge in [0.05, 0.1) is 0 Å². The number of thiocarbonyl (C=S) groups is 1. The molecule has 2 fully saturated rings. The molecule has 10 heteroatoms. The number of halogens is 3. The highest BCUT2D eigenvalue weighted by molar-refractivity contribution is 7.80. The second kappa shape index (κ2) is 9.89. The van der Waals surface area contributed by atoms with Crippen molar-refractivity contribution in [3.8, 4) is 0 Å². The summed E-state index contributed by atoms with van der Waals surface area (Å²) in [7, 11) is 0. The molecule has 1 aliphatic carbocycles. The third kappa shape index (κ3) is 5.79. The summed E-state index contributed by atoms with van der Waals surface area (Å²) < 4.78 is 40.5. The largest absolute Gasteiger partial charge is 0.433 e. The van der Waals surface area contributed by atoms with Gasteiger partial charge in [-0.05, 0) is 37.2 Å². The number of anilines is 3. The van der Waals surface area contributed by atoms with Crippen LogP contribution < -0.4 is 20.4 Å². The topological polar surface area (TPSA) is 56.3 Å². The number of piperazine rings is 1. The van der Waals surface area contributed by atoms with Crippen LogP contribution in [0.2, 0.25) is 0 Å². The van der Waals surface area contributed by atoms with E-state index in [2.05, 4.69) is 25.5 Å². The van der Waals surface area contributed by atoms with E-state index in [0.29, 0.717) is 26.2 Å². The van der Waals surface area contributed by atoms with Crippen molar-refractivity contribution in [2.45, 2.75) is 44.3 Å². The Morgan fingerprint density at radius 2 is 1.59 bits per heavy atom. The summed E-state index contributed by atoms with van der Waals surface area (Å²) in [5.74, 6) is 0.122. The molecule has 1 aromatic carbocycles. The molecule has 2 heterocycles. The van der Waals surface area contributed by atoms with Gasteiger partial charge in [-0.3, -0.25) is 0 Å². The first kappa shape index (κ1) is 22.6. The predicted molar refractivity (Wildman–Crippen MR) is 124 cm³/mol. The highest BCUT2D eigenvalue weighted by Gasteiger charge is 2.34. The lowest BCUT2D eigenvalue weighted by Crippen LogP contribution is -2.47. The number of hydrogen-bond donors (Lipinski definition) is 2. The van der Waals surface area contributed by atoms with E-state index in [4.69, 9.17) is 12.2 Å². The number of alkyl halides is 3. The fourth-order valence-corrected chi connectivity index (χ4v) is 4.46. The van der Waals surface area contributed by atoms with E-state index in [1.54, 1.807) is 0 Å². The van der Waals surface area contributed by atoms with Crippen LogP contribution in [0.1, 0.15) is 37.8 Å². The molecule has 0 bridgehead atoms. The standard InChI is InChI=1S/C22H27F3N6S/c23-22(24,25)18-15-19(31-13-11-30(12-14-31)17-9-5-2-6-10-17)28-20(27-18)29-21(32)26-16-7-3-1-4-8-16/h2,5-6,9-10,15-16H,1,3-4,7-8,11-14H2,(H2,26,27,28,29,32). The van der Waals surface area contributed by atoms with E-state index in [-0.39, 0.29) is 22.9 Å². The number of rotatable bonds is 4. The Bertz CT molecular complexity index is 910. The van der Waals surface area contributed by atoms with Gasteiger partial charge >= 0.3 is 6.18 Å². The first-order valence-corrected chi connectivity index (χ1v) is 11.4. The number of nitrogens with zero attached hydrogens (tertiary/aromatic N) is 4. The third-order valence-corrected chi connectivity index (χ3v) is 6.11. The molecule has 2 aromatic rings. The van der Waals surface area contributed by atoms with Crippen LogP contribution in [0.3, 0.4) is 0 Å². The van der Waals surface area contributed by atoms with Crippen LogP contribution in [0.5, 0.6) is 0 Å². The van der Waals surface area contributed by atoms with E-state index in [1.807, 2.05) is 35.2 Å². The van der Waals surface area contributed by atoms with Crippen LogP contribution in [0.25, 0.3) is 0 Å². The lowest BCUT2D eigenvalue weighted by Gasteiger charge is -2.37. The molecule has 1 saturated heterocycles. The maximum atomic E-state index is 13.5. The van der Waals surface area contributed by atoms with Crippen LogP contribution >= 0.6 is 12.2 Å². The van der Waals surface area contributed by atoms with Crippen molar-refractivity contribution in [1.29, 1.82) is 0 Å². The zero-order chi connectivity index (χ0) is 22.6. The predicted octanol–water partition coefficient (Wildman–Crippen LogP) is 4.44. The van der Waals surface area contributed by atoms with Gasteiger partial charge in [0.2, 0.25) is 5.95 Å². The number of benzene rings is 1. The summed E-state index contributed by atoms with van der Waals surface area (Å²) in [6.07, 6.45) is 0.887. The minimum atomic E-state index is -4.57. The van der Waals surface area contributed by atoms with Crippen LogP contribution in [-0.4, -0.2) is 47.3 Å². The summed E-state index contributed by atoms with van der Waals surface area (Å²) >= 11 is 5.32. The molecule has 2 aliphatic rings. The Hall–Kier alpha value is -2.62. The van der Waals surface area contributed by atoms with Gasteiger partial charge in [-0.2, -0.15) is 18.2 Å². The van der Waals surface area contributed by atoms with Crippen molar-refractivity contribution in [3.63, 3.8) is 0 Å². The molecule has 0 amide bonds. The average Bonchev–Trinajstić information content (AvgIpc) is 2.79. The molecule has 1 saturated carbocycles. The monoisotopic (exact) mass is 464 g/mol. The highest BCUT2D eigenvalue weighted by Crippen LogP contribution is 2.31. The van der Waals surface area contributed by atoms with E-state index in [9.17, 15) is 13.2 Å². The Balaban J connectivity index is 1.46.